The third-order valence-corrected chi connectivity index (χ3v) is 5.46. The van der Waals surface area contributed by atoms with E-state index < -0.39 is 0 Å². The predicted molar refractivity (Wildman–Crippen MR) is 96.6 cm³/mol. The lowest BCUT2D eigenvalue weighted by Crippen LogP contribution is -2.18. The third kappa shape index (κ3) is 3.08. The summed E-state index contributed by atoms with van der Waals surface area (Å²) in [5.41, 5.74) is 2.44. The Morgan fingerprint density at radius 3 is 2.92 bits per heavy atom. The SMILES string of the molecule is N#CCC(Cn1cc(-c2ncnc3c2ccn3CO)cn1)C1CCCC1. The maximum absolute atomic E-state index is 9.40. The minimum atomic E-state index is -0.115. The number of fused-ring (bicyclic) bond motifs is 1. The number of nitrogens with zero attached hydrogens (tertiary/aromatic N) is 6. The molecule has 0 saturated heterocycles. The Balaban J connectivity index is 1.60. The van der Waals surface area contributed by atoms with Gasteiger partial charge in [-0.05, 0) is 17.9 Å². The molecule has 7 nitrogen and oxygen atoms in total. The standard InChI is InChI=1S/C19H22N6O/c20-7-5-15(14-3-1-2-4-14)10-25-11-16(9-23-25)18-17-6-8-24(13-26)19(17)22-12-21-18/h6,8-9,11-12,14-15,26H,1-5,10,13H2. The molecule has 0 radical (unpaired) electrons. The van der Waals surface area contributed by atoms with Crippen molar-refractivity contribution < 1.29 is 5.11 Å². The highest BCUT2D eigenvalue weighted by Crippen LogP contribution is 2.34. The molecule has 0 aromatic carbocycles. The highest BCUT2D eigenvalue weighted by atomic mass is 16.3. The summed E-state index contributed by atoms with van der Waals surface area (Å²) in [6.45, 7) is 0.653. The van der Waals surface area contributed by atoms with E-state index in [1.165, 1.54) is 32.0 Å². The van der Waals surface area contributed by atoms with Crippen molar-refractivity contribution in [3.63, 3.8) is 0 Å². The normalized spacial score (nSPS) is 16.2. The van der Waals surface area contributed by atoms with Gasteiger partial charge in [0.25, 0.3) is 0 Å². The first-order valence-corrected chi connectivity index (χ1v) is 9.10. The Bertz CT molecular complexity index is 931. The van der Waals surface area contributed by atoms with E-state index in [0.29, 0.717) is 23.9 Å². The lowest BCUT2D eigenvalue weighted by Gasteiger charge is -2.20. The zero-order valence-electron chi connectivity index (χ0n) is 14.6. The zero-order chi connectivity index (χ0) is 17.9. The molecule has 0 bridgehead atoms. The van der Waals surface area contributed by atoms with Gasteiger partial charge in [0.05, 0.1) is 18.0 Å². The van der Waals surface area contributed by atoms with Crippen molar-refractivity contribution in [2.45, 2.75) is 45.4 Å². The van der Waals surface area contributed by atoms with E-state index in [1.807, 2.05) is 23.1 Å². The third-order valence-electron chi connectivity index (χ3n) is 5.46. The second-order valence-electron chi connectivity index (χ2n) is 7.00. The van der Waals surface area contributed by atoms with E-state index in [2.05, 4.69) is 21.1 Å². The molecule has 1 atom stereocenters. The predicted octanol–water partition coefficient (Wildman–Crippen LogP) is 2.96. The van der Waals surface area contributed by atoms with Gasteiger partial charge >= 0.3 is 0 Å². The van der Waals surface area contributed by atoms with Gasteiger partial charge in [-0.25, -0.2) is 9.97 Å². The van der Waals surface area contributed by atoms with Crippen molar-refractivity contribution >= 4 is 11.0 Å². The van der Waals surface area contributed by atoms with E-state index in [-0.39, 0.29) is 6.73 Å². The summed E-state index contributed by atoms with van der Waals surface area (Å²) in [5, 5.41) is 24.0. The molecule has 4 rings (SSSR count). The first-order valence-electron chi connectivity index (χ1n) is 9.10. The molecule has 1 N–H and O–H groups in total. The van der Waals surface area contributed by atoms with Crippen LogP contribution in [0.3, 0.4) is 0 Å². The number of nitriles is 1. The van der Waals surface area contributed by atoms with Gasteiger partial charge in [0.2, 0.25) is 0 Å². The van der Waals surface area contributed by atoms with E-state index in [4.69, 9.17) is 0 Å². The van der Waals surface area contributed by atoms with Crippen LogP contribution in [-0.4, -0.2) is 29.4 Å². The summed E-state index contributed by atoms with van der Waals surface area (Å²) in [7, 11) is 0. The van der Waals surface area contributed by atoms with Crippen LogP contribution >= 0.6 is 0 Å². The van der Waals surface area contributed by atoms with Crippen LogP contribution in [0.2, 0.25) is 0 Å². The van der Waals surface area contributed by atoms with Gasteiger partial charge in [0, 0.05) is 36.3 Å². The maximum Gasteiger partial charge on any atom is 0.145 e. The van der Waals surface area contributed by atoms with Crippen molar-refractivity contribution in [1.29, 1.82) is 5.26 Å². The highest BCUT2D eigenvalue weighted by Gasteiger charge is 2.25. The molecular formula is C19H22N6O. The molecule has 1 saturated carbocycles. The zero-order valence-corrected chi connectivity index (χ0v) is 14.6. The Hall–Kier alpha value is -2.72. The molecule has 7 heteroatoms. The Labute approximate surface area is 151 Å². The van der Waals surface area contributed by atoms with Crippen molar-refractivity contribution in [3.05, 3.63) is 31.0 Å². The van der Waals surface area contributed by atoms with E-state index in [9.17, 15) is 10.4 Å². The van der Waals surface area contributed by atoms with Crippen LogP contribution < -0.4 is 0 Å². The van der Waals surface area contributed by atoms with Crippen LogP contribution in [-0.2, 0) is 13.3 Å². The van der Waals surface area contributed by atoms with Crippen molar-refractivity contribution in [3.8, 4) is 17.3 Å². The van der Waals surface area contributed by atoms with E-state index >= 15 is 0 Å². The number of hydrogen-bond donors (Lipinski definition) is 1. The van der Waals surface area contributed by atoms with Gasteiger partial charge < -0.3 is 9.67 Å². The Morgan fingerprint density at radius 1 is 1.31 bits per heavy atom. The number of aliphatic hydroxyl groups is 1. The fourth-order valence-corrected chi connectivity index (χ4v) is 4.10. The van der Waals surface area contributed by atoms with Crippen LogP contribution in [0.15, 0.2) is 31.0 Å². The van der Waals surface area contributed by atoms with Crippen molar-refractivity contribution in [2.24, 2.45) is 11.8 Å². The average Bonchev–Trinajstić information content (AvgIpc) is 3.41. The minimum absolute atomic E-state index is 0.115. The first-order chi connectivity index (χ1) is 12.8. The summed E-state index contributed by atoms with van der Waals surface area (Å²) in [5.74, 6) is 0.989. The van der Waals surface area contributed by atoms with Gasteiger partial charge in [-0.2, -0.15) is 10.4 Å². The minimum Gasteiger partial charge on any atom is -0.376 e. The molecule has 134 valence electrons. The Kier molecular flexibility index (Phi) is 4.67. The van der Waals surface area contributed by atoms with Gasteiger partial charge in [0.15, 0.2) is 0 Å². The fourth-order valence-electron chi connectivity index (χ4n) is 4.10. The molecule has 1 fully saturated rings. The molecular weight excluding hydrogens is 328 g/mol. The molecule has 0 spiro atoms. The largest absolute Gasteiger partial charge is 0.376 e. The second kappa shape index (κ2) is 7.26. The van der Waals surface area contributed by atoms with Crippen LogP contribution in [0.4, 0.5) is 0 Å². The molecule has 3 heterocycles. The summed E-state index contributed by atoms with van der Waals surface area (Å²) in [6.07, 6.45) is 12.7. The molecule has 0 aliphatic heterocycles. The number of hydrogen-bond acceptors (Lipinski definition) is 5. The van der Waals surface area contributed by atoms with Crippen LogP contribution in [0, 0.1) is 23.2 Å². The Morgan fingerprint density at radius 2 is 2.15 bits per heavy atom. The summed E-state index contributed by atoms with van der Waals surface area (Å²) in [6, 6.07) is 4.26. The van der Waals surface area contributed by atoms with Gasteiger partial charge in [0.1, 0.15) is 18.7 Å². The van der Waals surface area contributed by atoms with Crippen LogP contribution in [0.1, 0.15) is 32.1 Å². The average molecular weight is 350 g/mol. The summed E-state index contributed by atoms with van der Waals surface area (Å²) >= 11 is 0. The molecule has 26 heavy (non-hydrogen) atoms. The fraction of sp³-hybridized carbons (Fsp3) is 0.474. The number of aromatic nitrogens is 5. The van der Waals surface area contributed by atoms with Gasteiger partial charge in [-0.1, -0.05) is 25.7 Å². The summed E-state index contributed by atoms with van der Waals surface area (Å²) < 4.78 is 3.61. The van der Waals surface area contributed by atoms with E-state index in [1.54, 1.807) is 10.8 Å². The van der Waals surface area contributed by atoms with Crippen molar-refractivity contribution in [2.75, 3.05) is 0 Å². The van der Waals surface area contributed by atoms with Gasteiger partial charge in [-0.3, -0.25) is 4.68 Å². The summed E-state index contributed by atoms with van der Waals surface area (Å²) in [4.78, 5) is 8.68. The number of aliphatic hydroxyl groups excluding tert-OH is 1. The lowest BCUT2D eigenvalue weighted by atomic mass is 9.88. The molecule has 1 aliphatic rings. The second-order valence-corrected chi connectivity index (χ2v) is 7.00. The molecule has 0 amide bonds. The highest BCUT2D eigenvalue weighted by molar-refractivity contribution is 5.90. The molecule has 3 aromatic heterocycles. The van der Waals surface area contributed by atoms with Crippen molar-refractivity contribution in [1.82, 2.24) is 24.3 Å². The smallest absolute Gasteiger partial charge is 0.145 e. The maximum atomic E-state index is 9.40. The molecule has 3 aromatic rings. The topological polar surface area (TPSA) is 92.5 Å². The molecule has 1 aliphatic carbocycles. The lowest BCUT2D eigenvalue weighted by molar-refractivity contribution is 0.215. The number of rotatable bonds is 6. The molecule has 1 unspecified atom stereocenters. The first kappa shape index (κ1) is 16.7. The van der Waals surface area contributed by atoms with Crippen LogP contribution in [0.25, 0.3) is 22.3 Å². The van der Waals surface area contributed by atoms with Gasteiger partial charge in [-0.15, -0.1) is 0 Å². The quantitative estimate of drug-likeness (QED) is 0.738. The van der Waals surface area contributed by atoms with Crippen LogP contribution in [0.5, 0.6) is 0 Å². The monoisotopic (exact) mass is 350 g/mol. The van der Waals surface area contributed by atoms with E-state index in [0.717, 1.165) is 23.2 Å².